The Kier molecular flexibility index (Phi) is 4.88. The maximum atomic E-state index is 13.8. The van der Waals surface area contributed by atoms with Crippen LogP contribution in [0.25, 0.3) is 0 Å². The Morgan fingerprint density at radius 2 is 2.05 bits per heavy atom. The van der Waals surface area contributed by atoms with Crippen molar-refractivity contribution in [3.05, 3.63) is 28.1 Å². The standard InChI is InChI=1S/C13H20FN3O3/c1-13(2,16(3)4)8-15-11-7-9(20-5)6-10(14)12(11)17(18)19/h6-7,15H,8H2,1-5H3. The molecule has 7 heteroatoms. The van der Waals surface area contributed by atoms with Gasteiger partial charge in [-0.1, -0.05) is 0 Å². The van der Waals surface area contributed by atoms with Gasteiger partial charge in [-0.05, 0) is 27.9 Å². The van der Waals surface area contributed by atoms with Gasteiger partial charge >= 0.3 is 5.69 Å². The molecule has 0 fully saturated rings. The molecule has 0 atom stereocenters. The van der Waals surface area contributed by atoms with Crippen molar-refractivity contribution in [3.63, 3.8) is 0 Å². The van der Waals surface area contributed by atoms with Crippen LogP contribution >= 0.6 is 0 Å². The smallest absolute Gasteiger partial charge is 0.327 e. The summed E-state index contributed by atoms with van der Waals surface area (Å²) in [7, 11) is 5.19. The number of ether oxygens (including phenoxy) is 1. The first-order chi connectivity index (χ1) is 9.19. The van der Waals surface area contributed by atoms with E-state index in [4.69, 9.17) is 4.74 Å². The summed E-state index contributed by atoms with van der Waals surface area (Å²) < 4.78 is 18.7. The lowest BCUT2D eigenvalue weighted by Crippen LogP contribution is -2.44. The van der Waals surface area contributed by atoms with E-state index < -0.39 is 16.4 Å². The van der Waals surface area contributed by atoms with Crippen molar-refractivity contribution in [2.75, 3.05) is 33.1 Å². The second-order valence-corrected chi connectivity index (χ2v) is 5.32. The van der Waals surface area contributed by atoms with Crippen molar-refractivity contribution in [1.82, 2.24) is 4.90 Å². The minimum absolute atomic E-state index is 0.113. The molecule has 0 heterocycles. The molecule has 0 bridgehead atoms. The second-order valence-electron chi connectivity index (χ2n) is 5.32. The molecule has 20 heavy (non-hydrogen) atoms. The Bertz CT molecular complexity index is 504. The molecule has 1 N–H and O–H groups in total. The zero-order valence-electron chi connectivity index (χ0n) is 12.4. The highest BCUT2D eigenvalue weighted by molar-refractivity contribution is 5.65. The highest BCUT2D eigenvalue weighted by Gasteiger charge is 2.25. The number of hydrogen-bond donors (Lipinski definition) is 1. The summed E-state index contributed by atoms with van der Waals surface area (Å²) in [6, 6.07) is 2.42. The van der Waals surface area contributed by atoms with Gasteiger partial charge in [0, 0.05) is 24.2 Å². The third kappa shape index (κ3) is 3.57. The van der Waals surface area contributed by atoms with Gasteiger partial charge in [-0.25, -0.2) is 0 Å². The summed E-state index contributed by atoms with van der Waals surface area (Å²) in [5.74, 6) is -0.683. The number of rotatable bonds is 6. The van der Waals surface area contributed by atoms with Gasteiger partial charge in [-0.3, -0.25) is 10.1 Å². The quantitative estimate of drug-likeness (QED) is 0.642. The Hall–Kier alpha value is -1.89. The molecule has 0 aliphatic heterocycles. The lowest BCUT2D eigenvalue weighted by atomic mass is 10.0. The van der Waals surface area contributed by atoms with Gasteiger partial charge < -0.3 is 15.0 Å². The number of nitro groups is 1. The zero-order valence-corrected chi connectivity index (χ0v) is 12.4. The monoisotopic (exact) mass is 285 g/mol. The Morgan fingerprint density at radius 3 is 2.50 bits per heavy atom. The van der Waals surface area contributed by atoms with Crippen molar-refractivity contribution in [2.45, 2.75) is 19.4 Å². The first-order valence-electron chi connectivity index (χ1n) is 6.12. The van der Waals surface area contributed by atoms with Crippen LogP contribution in [-0.2, 0) is 0 Å². The number of methoxy groups -OCH3 is 1. The van der Waals surface area contributed by atoms with Gasteiger partial charge in [0.2, 0.25) is 5.82 Å². The number of nitro benzene ring substituents is 1. The fourth-order valence-corrected chi connectivity index (χ4v) is 1.48. The molecular formula is C13H20FN3O3. The predicted octanol–water partition coefficient (Wildman–Crippen LogP) is 2.49. The van der Waals surface area contributed by atoms with Crippen LogP contribution in [0.1, 0.15) is 13.8 Å². The molecule has 0 spiro atoms. The van der Waals surface area contributed by atoms with Crippen LogP contribution in [0.3, 0.4) is 0 Å². The van der Waals surface area contributed by atoms with Crippen molar-refractivity contribution >= 4 is 11.4 Å². The third-order valence-electron chi connectivity index (χ3n) is 3.38. The van der Waals surface area contributed by atoms with E-state index in [1.807, 2.05) is 32.8 Å². The van der Waals surface area contributed by atoms with Gasteiger partial charge in [0.05, 0.1) is 12.0 Å². The van der Waals surface area contributed by atoms with Crippen LogP contribution in [0.4, 0.5) is 15.8 Å². The summed E-state index contributed by atoms with van der Waals surface area (Å²) in [5, 5.41) is 13.9. The van der Waals surface area contributed by atoms with E-state index in [0.29, 0.717) is 6.54 Å². The fourth-order valence-electron chi connectivity index (χ4n) is 1.48. The first-order valence-corrected chi connectivity index (χ1v) is 6.12. The van der Waals surface area contributed by atoms with Crippen molar-refractivity contribution in [2.24, 2.45) is 0 Å². The van der Waals surface area contributed by atoms with E-state index in [2.05, 4.69) is 5.32 Å². The fraction of sp³-hybridized carbons (Fsp3) is 0.538. The summed E-state index contributed by atoms with van der Waals surface area (Å²) in [5.41, 5.74) is -0.699. The lowest BCUT2D eigenvalue weighted by Gasteiger charge is -2.33. The van der Waals surface area contributed by atoms with E-state index in [0.717, 1.165) is 6.07 Å². The average molecular weight is 285 g/mol. The topological polar surface area (TPSA) is 67.6 Å². The molecule has 0 saturated heterocycles. The van der Waals surface area contributed by atoms with Crippen molar-refractivity contribution in [3.8, 4) is 5.75 Å². The Labute approximate surface area is 117 Å². The SMILES string of the molecule is COc1cc(F)c([N+](=O)[O-])c(NCC(C)(C)N(C)C)c1. The summed E-state index contributed by atoms with van der Waals surface area (Å²) in [4.78, 5) is 12.2. The number of nitrogens with one attached hydrogen (secondary N) is 1. The summed E-state index contributed by atoms with van der Waals surface area (Å²) in [6.07, 6.45) is 0. The lowest BCUT2D eigenvalue weighted by molar-refractivity contribution is -0.386. The molecule has 1 aromatic rings. The van der Waals surface area contributed by atoms with E-state index in [9.17, 15) is 14.5 Å². The zero-order chi connectivity index (χ0) is 15.5. The highest BCUT2D eigenvalue weighted by Crippen LogP contribution is 2.32. The molecule has 0 unspecified atom stereocenters. The molecule has 6 nitrogen and oxygen atoms in total. The van der Waals surface area contributed by atoms with Crippen LogP contribution in [0.5, 0.6) is 5.75 Å². The summed E-state index contributed by atoms with van der Waals surface area (Å²) in [6.45, 7) is 4.37. The van der Waals surface area contributed by atoms with Gasteiger partial charge in [0.15, 0.2) is 0 Å². The van der Waals surface area contributed by atoms with Crippen LogP contribution in [0.15, 0.2) is 12.1 Å². The third-order valence-corrected chi connectivity index (χ3v) is 3.38. The first kappa shape index (κ1) is 16.2. The van der Waals surface area contributed by atoms with Crippen LogP contribution in [-0.4, -0.2) is 43.1 Å². The van der Waals surface area contributed by atoms with Crippen molar-refractivity contribution < 1.29 is 14.1 Å². The van der Waals surface area contributed by atoms with Crippen LogP contribution < -0.4 is 10.1 Å². The van der Waals surface area contributed by atoms with E-state index in [1.54, 1.807) is 0 Å². The molecule has 1 rings (SSSR count). The van der Waals surface area contributed by atoms with Crippen molar-refractivity contribution in [1.29, 1.82) is 0 Å². The molecule has 0 aliphatic rings. The second kappa shape index (κ2) is 6.04. The van der Waals surface area contributed by atoms with Gasteiger partial charge in [0.25, 0.3) is 0 Å². The number of halogens is 1. The minimum Gasteiger partial charge on any atom is -0.497 e. The molecule has 1 aromatic carbocycles. The summed E-state index contributed by atoms with van der Waals surface area (Å²) >= 11 is 0. The normalized spacial score (nSPS) is 11.6. The minimum atomic E-state index is -0.917. The molecule has 0 aromatic heterocycles. The molecule has 0 radical (unpaired) electrons. The van der Waals surface area contributed by atoms with E-state index in [-0.39, 0.29) is 17.0 Å². The maximum Gasteiger partial charge on any atom is 0.327 e. The van der Waals surface area contributed by atoms with E-state index >= 15 is 0 Å². The molecule has 0 amide bonds. The molecule has 0 aliphatic carbocycles. The van der Waals surface area contributed by atoms with Gasteiger partial charge in [-0.2, -0.15) is 4.39 Å². The number of likely N-dealkylation sites (N-methyl/N-ethyl adjacent to an activating group) is 1. The Morgan fingerprint density at radius 1 is 1.45 bits per heavy atom. The van der Waals surface area contributed by atoms with Gasteiger partial charge in [0.1, 0.15) is 11.4 Å². The largest absolute Gasteiger partial charge is 0.497 e. The van der Waals surface area contributed by atoms with Crippen LogP contribution in [0.2, 0.25) is 0 Å². The number of anilines is 1. The maximum absolute atomic E-state index is 13.8. The highest BCUT2D eigenvalue weighted by atomic mass is 19.1. The predicted molar refractivity (Wildman–Crippen MR) is 75.9 cm³/mol. The number of nitrogens with zero attached hydrogens (tertiary/aromatic N) is 2. The number of benzene rings is 1. The molecular weight excluding hydrogens is 265 g/mol. The number of hydrogen-bond acceptors (Lipinski definition) is 5. The Balaban J connectivity index is 3.10. The van der Waals surface area contributed by atoms with E-state index in [1.165, 1.54) is 13.2 Å². The average Bonchev–Trinajstić information content (AvgIpc) is 2.34. The van der Waals surface area contributed by atoms with Gasteiger partial charge in [-0.15, -0.1) is 0 Å². The molecule has 112 valence electrons. The molecule has 0 saturated carbocycles. The van der Waals surface area contributed by atoms with Crippen LogP contribution in [0, 0.1) is 15.9 Å².